The second-order valence-corrected chi connectivity index (χ2v) is 4.17. The molecular weight excluding hydrogens is 218 g/mol. The van der Waals surface area contributed by atoms with Crippen molar-refractivity contribution in [2.75, 3.05) is 0 Å². The molecule has 1 aliphatic rings. The molecule has 0 atom stereocenters. The second kappa shape index (κ2) is 2.73. The van der Waals surface area contributed by atoms with Crippen molar-refractivity contribution in [3.8, 4) is 0 Å². The molecule has 3 heteroatoms. The van der Waals surface area contributed by atoms with E-state index >= 15 is 0 Å². The van der Waals surface area contributed by atoms with Crippen molar-refractivity contribution in [3.63, 3.8) is 0 Å². The van der Waals surface area contributed by atoms with Gasteiger partial charge in [-0.25, -0.2) is 0 Å². The van der Waals surface area contributed by atoms with E-state index in [1.807, 2.05) is 17.6 Å². The summed E-state index contributed by atoms with van der Waals surface area (Å²) in [4.78, 5) is 11.5. The van der Waals surface area contributed by atoms with Crippen molar-refractivity contribution in [1.82, 2.24) is 4.57 Å². The summed E-state index contributed by atoms with van der Waals surface area (Å²) in [6.07, 6.45) is 2.31. The van der Waals surface area contributed by atoms with Crippen LogP contribution in [0.5, 0.6) is 0 Å². The molecule has 1 aliphatic carbocycles. The number of nitrogens with zero attached hydrogens (tertiary/aromatic N) is 1. The highest BCUT2D eigenvalue weighted by Gasteiger charge is 2.25. The Morgan fingerprint density at radius 2 is 2.17 bits per heavy atom. The molecule has 0 unspecified atom stereocenters. The molecule has 0 saturated heterocycles. The normalized spacial score (nSPS) is 16.5. The van der Waals surface area contributed by atoms with Crippen LogP contribution in [0, 0.1) is 6.92 Å². The lowest BCUT2D eigenvalue weighted by molar-refractivity contribution is 0.680. The summed E-state index contributed by atoms with van der Waals surface area (Å²) >= 11 is 3.30. The monoisotopic (exact) mass is 227 g/mol. The highest BCUT2D eigenvalue weighted by molar-refractivity contribution is 9.10. The van der Waals surface area contributed by atoms with Crippen molar-refractivity contribution in [2.45, 2.75) is 25.8 Å². The highest BCUT2D eigenvalue weighted by atomic mass is 79.9. The van der Waals surface area contributed by atoms with Crippen LogP contribution >= 0.6 is 15.9 Å². The quantitative estimate of drug-likeness (QED) is 0.722. The molecule has 64 valence electrons. The number of hydrogen-bond acceptors (Lipinski definition) is 1. The Bertz CT molecular complexity index is 365. The number of aryl methyl sites for hydroxylation is 1. The minimum absolute atomic E-state index is 0.115. The van der Waals surface area contributed by atoms with Crippen LogP contribution in [0.4, 0.5) is 0 Å². The summed E-state index contributed by atoms with van der Waals surface area (Å²) in [5, 5.41) is 0. The largest absolute Gasteiger partial charge is 0.310 e. The molecule has 0 radical (unpaired) electrons. The lowest BCUT2D eigenvalue weighted by Gasteiger charge is -2.07. The van der Waals surface area contributed by atoms with Crippen molar-refractivity contribution >= 4 is 15.9 Å². The summed E-state index contributed by atoms with van der Waals surface area (Å²) in [5.74, 6) is 0. The van der Waals surface area contributed by atoms with Crippen molar-refractivity contribution in [3.05, 3.63) is 32.7 Å². The van der Waals surface area contributed by atoms with E-state index in [4.69, 9.17) is 0 Å². The Balaban J connectivity index is 2.59. The van der Waals surface area contributed by atoms with Gasteiger partial charge in [-0.2, -0.15) is 0 Å². The lowest BCUT2D eigenvalue weighted by atomic mass is 10.3. The second-order valence-electron chi connectivity index (χ2n) is 3.25. The summed E-state index contributed by atoms with van der Waals surface area (Å²) in [6, 6.07) is 4.09. The van der Waals surface area contributed by atoms with Gasteiger partial charge < -0.3 is 4.57 Å². The topological polar surface area (TPSA) is 22.0 Å². The van der Waals surface area contributed by atoms with Gasteiger partial charge >= 0.3 is 0 Å². The third kappa shape index (κ3) is 1.33. The Hall–Kier alpha value is -0.570. The minimum Gasteiger partial charge on any atom is -0.310 e. The zero-order valence-electron chi connectivity index (χ0n) is 6.88. The molecule has 1 aromatic heterocycles. The SMILES string of the molecule is Cc1cc(Br)cc(=O)n1C1CC1. The lowest BCUT2D eigenvalue weighted by Crippen LogP contribution is -2.19. The Kier molecular flexibility index (Phi) is 1.83. The van der Waals surface area contributed by atoms with E-state index in [1.54, 1.807) is 6.07 Å². The summed E-state index contributed by atoms with van der Waals surface area (Å²) in [6.45, 7) is 1.98. The molecule has 1 aromatic rings. The van der Waals surface area contributed by atoms with Crippen molar-refractivity contribution < 1.29 is 0 Å². The molecular formula is C9H10BrNO. The van der Waals surface area contributed by atoms with E-state index in [2.05, 4.69) is 15.9 Å². The Labute approximate surface area is 79.3 Å². The van der Waals surface area contributed by atoms with Crippen LogP contribution in [-0.4, -0.2) is 4.57 Å². The standard InChI is InChI=1S/C9H10BrNO/c1-6-4-7(10)5-9(12)11(6)8-2-3-8/h4-5,8H,2-3H2,1H3. The van der Waals surface area contributed by atoms with E-state index in [-0.39, 0.29) is 5.56 Å². The molecule has 2 nitrogen and oxygen atoms in total. The van der Waals surface area contributed by atoms with Gasteiger partial charge in [0.15, 0.2) is 0 Å². The van der Waals surface area contributed by atoms with Gasteiger partial charge in [0, 0.05) is 22.3 Å². The third-order valence-electron chi connectivity index (χ3n) is 2.14. The van der Waals surface area contributed by atoms with Crippen LogP contribution in [0.2, 0.25) is 0 Å². The van der Waals surface area contributed by atoms with Crippen LogP contribution in [0.3, 0.4) is 0 Å². The van der Waals surface area contributed by atoms with E-state index in [0.717, 1.165) is 23.0 Å². The summed E-state index contributed by atoms with van der Waals surface area (Å²) < 4.78 is 2.76. The molecule has 0 N–H and O–H groups in total. The van der Waals surface area contributed by atoms with Gasteiger partial charge in [-0.3, -0.25) is 4.79 Å². The number of hydrogen-bond donors (Lipinski definition) is 0. The number of rotatable bonds is 1. The van der Waals surface area contributed by atoms with Gasteiger partial charge in [0.2, 0.25) is 0 Å². The van der Waals surface area contributed by atoms with Gasteiger partial charge in [0.05, 0.1) is 0 Å². The average molecular weight is 228 g/mol. The fraction of sp³-hybridized carbons (Fsp3) is 0.444. The Morgan fingerprint density at radius 1 is 1.50 bits per heavy atom. The molecule has 0 aliphatic heterocycles. The first-order chi connectivity index (χ1) is 5.68. The van der Waals surface area contributed by atoms with Gasteiger partial charge in [0.25, 0.3) is 5.56 Å². The molecule has 0 spiro atoms. The van der Waals surface area contributed by atoms with E-state index in [0.29, 0.717) is 6.04 Å². The van der Waals surface area contributed by atoms with Crippen LogP contribution < -0.4 is 5.56 Å². The number of halogens is 1. The molecule has 0 aromatic carbocycles. The first-order valence-electron chi connectivity index (χ1n) is 4.07. The molecule has 2 rings (SSSR count). The zero-order chi connectivity index (χ0) is 8.72. The first kappa shape index (κ1) is 8.05. The predicted molar refractivity (Wildman–Crippen MR) is 51.4 cm³/mol. The van der Waals surface area contributed by atoms with E-state index in [1.165, 1.54) is 0 Å². The van der Waals surface area contributed by atoms with Crippen LogP contribution in [0.25, 0.3) is 0 Å². The maximum absolute atomic E-state index is 11.5. The van der Waals surface area contributed by atoms with Gasteiger partial charge in [0.1, 0.15) is 0 Å². The average Bonchev–Trinajstić information content (AvgIpc) is 2.68. The Morgan fingerprint density at radius 3 is 2.67 bits per heavy atom. The smallest absolute Gasteiger partial charge is 0.252 e. The molecule has 0 amide bonds. The molecule has 12 heavy (non-hydrogen) atoms. The first-order valence-corrected chi connectivity index (χ1v) is 4.86. The maximum Gasteiger partial charge on any atom is 0.252 e. The fourth-order valence-corrected chi connectivity index (χ4v) is 2.00. The zero-order valence-corrected chi connectivity index (χ0v) is 8.47. The third-order valence-corrected chi connectivity index (χ3v) is 2.60. The van der Waals surface area contributed by atoms with Crippen LogP contribution in [0.1, 0.15) is 24.6 Å². The molecule has 1 heterocycles. The van der Waals surface area contributed by atoms with Gasteiger partial charge in [-0.05, 0) is 25.8 Å². The van der Waals surface area contributed by atoms with Crippen LogP contribution in [-0.2, 0) is 0 Å². The number of pyridine rings is 1. The predicted octanol–water partition coefficient (Wildman–Crippen LogP) is 2.25. The fourth-order valence-electron chi connectivity index (χ4n) is 1.47. The van der Waals surface area contributed by atoms with E-state index in [9.17, 15) is 4.79 Å². The van der Waals surface area contributed by atoms with Crippen molar-refractivity contribution in [1.29, 1.82) is 0 Å². The highest BCUT2D eigenvalue weighted by Crippen LogP contribution is 2.34. The summed E-state index contributed by atoms with van der Waals surface area (Å²) in [5.41, 5.74) is 1.17. The molecule has 1 saturated carbocycles. The van der Waals surface area contributed by atoms with Gasteiger partial charge in [-0.15, -0.1) is 0 Å². The molecule has 1 fully saturated rings. The van der Waals surface area contributed by atoms with E-state index < -0.39 is 0 Å². The molecule has 0 bridgehead atoms. The van der Waals surface area contributed by atoms with Gasteiger partial charge in [-0.1, -0.05) is 15.9 Å². The number of aromatic nitrogens is 1. The maximum atomic E-state index is 11.5. The van der Waals surface area contributed by atoms with Crippen molar-refractivity contribution in [2.24, 2.45) is 0 Å². The summed E-state index contributed by atoms with van der Waals surface area (Å²) in [7, 11) is 0. The van der Waals surface area contributed by atoms with Crippen LogP contribution in [0.15, 0.2) is 21.4 Å². The minimum atomic E-state index is 0.115.